The van der Waals surface area contributed by atoms with Crippen LogP contribution in [0.25, 0.3) is 10.9 Å². The fraction of sp³-hybridized carbons (Fsp3) is 0.515. The van der Waals surface area contributed by atoms with Crippen LogP contribution < -0.4 is 70.0 Å². The van der Waals surface area contributed by atoms with Gasteiger partial charge in [0.25, 0.3) is 0 Å². The third-order valence-electron chi connectivity index (χ3n) is 15.4. The van der Waals surface area contributed by atoms with Gasteiger partial charge in [-0.25, -0.2) is 0 Å². The van der Waals surface area contributed by atoms with E-state index in [-0.39, 0.29) is 63.2 Å². The maximum absolute atomic E-state index is 14.8. The molecule has 0 radical (unpaired) electrons. The first-order valence-electron chi connectivity index (χ1n) is 31.9. The number of phenolic OH excluding ortho intramolecular Hbond substituents is 1. The fourth-order valence-corrected chi connectivity index (χ4v) is 11.6. The first-order valence-corrected chi connectivity index (χ1v) is 36.1. The van der Waals surface area contributed by atoms with Crippen LogP contribution in [0.5, 0.6) is 5.75 Å². The summed E-state index contributed by atoms with van der Waals surface area (Å²) in [5.41, 5.74) is 14.0. The molecule has 12 amide bonds. The molecule has 0 aliphatic heterocycles. The van der Waals surface area contributed by atoms with Crippen molar-refractivity contribution in [1.29, 1.82) is 0 Å². The topological polar surface area (TPSA) is 425 Å². The molecular weight excluding hydrogens is 1290 g/mol. The van der Waals surface area contributed by atoms with Crippen molar-refractivity contribution >= 4 is 118 Å². The third kappa shape index (κ3) is 28.2. The van der Waals surface area contributed by atoms with Gasteiger partial charge in [-0.15, -0.1) is 0 Å². The number of fused-ring (bicyclic) bond motifs is 1. The van der Waals surface area contributed by atoms with Crippen LogP contribution in [0.2, 0.25) is 0 Å². The molecule has 9 atom stereocenters. The van der Waals surface area contributed by atoms with Crippen LogP contribution in [0.4, 0.5) is 0 Å². The Labute approximate surface area is 573 Å². The van der Waals surface area contributed by atoms with Gasteiger partial charge in [0.05, 0.1) is 13.1 Å². The quantitative estimate of drug-likeness (QED) is 0.0214. The number of carbonyl (C=O) groups is 12. The Balaban J connectivity index is 1.57. The second-order valence-corrected chi connectivity index (χ2v) is 26.8. The van der Waals surface area contributed by atoms with Crippen molar-refractivity contribution in [1.82, 2.24) is 63.5 Å². The van der Waals surface area contributed by atoms with Crippen LogP contribution in [0.15, 0.2) is 85.1 Å². The number of nitrogens with two attached hydrogens (primary N) is 2. The van der Waals surface area contributed by atoms with Gasteiger partial charge in [0.2, 0.25) is 71.4 Å². The minimum Gasteiger partial charge on any atom is -0.508 e. The molecule has 4 aromatic rings. The van der Waals surface area contributed by atoms with Crippen molar-refractivity contribution in [3.63, 3.8) is 0 Å². The van der Waals surface area contributed by atoms with E-state index in [9.17, 15) is 62.6 Å². The summed E-state index contributed by atoms with van der Waals surface area (Å²) in [6.07, 6.45) is 8.88. The molecule has 96 heavy (non-hydrogen) atoms. The molecule has 0 fully saturated rings. The van der Waals surface area contributed by atoms with Gasteiger partial charge >= 0.3 is 0 Å². The summed E-state index contributed by atoms with van der Waals surface area (Å²) in [5, 5.41) is 40.2. The largest absolute Gasteiger partial charge is 0.508 e. The number of primary amides is 1. The van der Waals surface area contributed by atoms with E-state index in [2.05, 4.69) is 63.5 Å². The number of aromatic hydroxyl groups is 1. The third-order valence-corrected chi connectivity index (χ3v) is 17.4. The lowest BCUT2D eigenvalue weighted by atomic mass is 10.0. The summed E-state index contributed by atoms with van der Waals surface area (Å²) < 4.78 is 0. The molecule has 27 nitrogen and oxygen atoms in total. The van der Waals surface area contributed by atoms with E-state index >= 15 is 0 Å². The van der Waals surface area contributed by atoms with Gasteiger partial charge in [-0.2, -0.15) is 35.3 Å². The average Bonchev–Trinajstić information content (AvgIpc) is 1.70. The Hall–Kier alpha value is -8.35. The van der Waals surface area contributed by atoms with E-state index in [4.69, 9.17) is 11.5 Å². The zero-order chi connectivity index (χ0) is 70.7. The number of para-hydroxylation sites is 1. The average molecular weight is 1390 g/mol. The van der Waals surface area contributed by atoms with Gasteiger partial charge in [0.15, 0.2) is 0 Å². The molecule has 526 valence electrons. The summed E-state index contributed by atoms with van der Waals surface area (Å²) in [6.45, 7) is 6.00. The first-order chi connectivity index (χ1) is 45.9. The normalized spacial score (nSPS) is 14.0. The van der Waals surface area contributed by atoms with Gasteiger partial charge in [0.1, 0.15) is 60.1 Å². The number of nitrogens with one attached hydrogen (secondary N) is 12. The highest BCUT2D eigenvalue weighted by Crippen LogP contribution is 2.21. The number of amides is 12. The minimum atomic E-state index is -1.41. The van der Waals surface area contributed by atoms with Crippen molar-refractivity contribution in [2.24, 2.45) is 23.3 Å². The van der Waals surface area contributed by atoms with E-state index in [0.29, 0.717) is 59.6 Å². The molecule has 0 bridgehead atoms. The zero-order valence-electron chi connectivity index (χ0n) is 55.6. The summed E-state index contributed by atoms with van der Waals surface area (Å²) in [7, 11) is 0. The smallest absolute Gasteiger partial charge is 0.243 e. The Kier molecular flexibility index (Phi) is 35.8. The number of aromatic nitrogens is 1. The highest BCUT2D eigenvalue weighted by atomic mass is 32.2. The number of H-pyrrole nitrogens is 1. The highest BCUT2D eigenvalue weighted by Gasteiger charge is 2.36. The van der Waals surface area contributed by atoms with Gasteiger partial charge in [-0.05, 0) is 134 Å². The van der Waals surface area contributed by atoms with Gasteiger partial charge in [-0.3, -0.25) is 57.5 Å². The van der Waals surface area contributed by atoms with Crippen LogP contribution in [-0.4, -0.2) is 192 Å². The monoisotopic (exact) mass is 1390 g/mol. The Morgan fingerprint density at radius 3 is 1.56 bits per heavy atom. The predicted octanol–water partition coefficient (Wildman–Crippen LogP) is 0.702. The summed E-state index contributed by atoms with van der Waals surface area (Å²) in [6, 6.07) is 11.1. The number of phenols is 1. The second kappa shape index (κ2) is 43.0. The number of thioether (sulfide) groups is 3. The van der Waals surface area contributed by atoms with Crippen LogP contribution >= 0.6 is 35.3 Å². The molecule has 3 aromatic carbocycles. The van der Waals surface area contributed by atoms with Gasteiger partial charge < -0.3 is 80.0 Å². The van der Waals surface area contributed by atoms with Crippen molar-refractivity contribution in [3.05, 3.63) is 102 Å². The molecule has 4 rings (SSSR count). The molecule has 0 aliphatic rings. The zero-order valence-corrected chi connectivity index (χ0v) is 58.0. The first kappa shape index (κ1) is 80.1. The van der Waals surface area contributed by atoms with Crippen molar-refractivity contribution < 1.29 is 62.6 Å². The lowest BCUT2D eigenvalue weighted by Gasteiger charge is -2.28. The number of hydrogen-bond acceptors (Lipinski definition) is 17. The fourth-order valence-electron chi connectivity index (χ4n) is 10.2. The molecule has 17 N–H and O–H groups in total. The molecule has 1 aromatic heterocycles. The van der Waals surface area contributed by atoms with Crippen molar-refractivity contribution in [2.75, 3.05) is 55.7 Å². The summed E-state index contributed by atoms with van der Waals surface area (Å²) in [4.78, 5) is 167. The van der Waals surface area contributed by atoms with Gasteiger partial charge in [-0.1, -0.05) is 88.4 Å². The van der Waals surface area contributed by atoms with E-state index in [1.54, 1.807) is 74.8 Å². The number of unbranched alkanes of at least 4 members (excludes halogenated alkanes) is 1. The maximum Gasteiger partial charge on any atom is 0.243 e. The van der Waals surface area contributed by atoms with E-state index in [1.165, 1.54) is 47.4 Å². The molecule has 0 saturated heterocycles. The molecular formula is C66H96N14O13S3. The second-order valence-electron chi connectivity index (χ2n) is 23.8. The Bertz CT molecular complexity index is 3200. The van der Waals surface area contributed by atoms with E-state index < -0.39 is 138 Å². The maximum atomic E-state index is 14.8. The molecule has 30 heteroatoms. The molecule has 0 unspecified atom stereocenters. The van der Waals surface area contributed by atoms with E-state index in [1.807, 2.05) is 44.6 Å². The number of benzene rings is 3. The lowest BCUT2D eigenvalue weighted by molar-refractivity contribution is -0.135. The van der Waals surface area contributed by atoms with Crippen molar-refractivity contribution in [2.45, 2.75) is 146 Å². The van der Waals surface area contributed by atoms with Crippen LogP contribution in [0, 0.1) is 11.8 Å². The number of carbonyl (C=O) groups excluding carboxylic acids is 12. The SMILES string of the molecule is CSCC[C@H](NC(=O)[C@@H](NC(=O)[C@H](CCSC)NC(=O)[C@H](Cc1ccc(O)cc1)NC(=O)[C@H](CCCCN)NC(=O)[C@H](Cc1c[nH]c2ccccc12)NC(=O)CNC(=O)CNC(=O)[C@H](Cc1ccccc1)NC(=O)[C@H](CC(C)C)NC(=O)[C@H](CCSC)NC=O)C(C)C)C(N)=O. The Morgan fingerprint density at radius 1 is 0.500 bits per heavy atom. The van der Waals surface area contributed by atoms with Crippen molar-refractivity contribution in [3.8, 4) is 5.75 Å². The molecule has 0 saturated carbocycles. The lowest BCUT2D eigenvalue weighted by Crippen LogP contribution is -2.60. The Morgan fingerprint density at radius 2 is 0.979 bits per heavy atom. The number of aromatic amines is 1. The number of rotatable bonds is 45. The minimum absolute atomic E-state index is 0.00717. The molecule has 1 heterocycles. The van der Waals surface area contributed by atoms with E-state index in [0.717, 1.165) is 10.9 Å². The van der Waals surface area contributed by atoms with Crippen LogP contribution in [0.3, 0.4) is 0 Å². The summed E-state index contributed by atoms with van der Waals surface area (Å²) >= 11 is 4.33. The molecule has 0 spiro atoms. The van der Waals surface area contributed by atoms with Crippen LogP contribution in [0.1, 0.15) is 89.3 Å². The van der Waals surface area contributed by atoms with Crippen LogP contribution in [-0.2, 0) is 76.8 Å². The molecule has 0 aliphatic carbocycles. The highest BCUT2D eigenvalue weighted by molar-refractivity contribution is 7.99. The number of hydrogen-bond donors (Lipinski definition) is 15. The standard InChI is InChI=1S/C66H96N14O13S3/c1-39(2)31-51(77-60(87)48(72-38-81)25-29-95-6)63(90)78-52(32-41-15-9-8-10-16-41)59(86)71-36-55(83)70-37-56(84)73-54(34-43-35-69-46-18-12-11-17-45(43)46)65(92)75-49(19-13-14-27-67)61(88)79-53(33-42-20-22-44(82)23-21-42)64(91)76-50(26-30-96-7)62(89)80-57(40(3)4)66(93)74-47(58(68)85)24-28-94-5/h8-12,15-18,20-23,35,38-40,47-54,57,69,82H,13-14,19,24-34,36-37,67H2,1-7H3,(H2,68,85)(H,70,83)(H,71,86)(H,72,81)(H,73,84)(H,74,93)(H,75,92)(H,76,91)(H,77,87)(H,78,90)(H,79,88)(H,80,89)/t47-,48-,49-,50-,51-,52-,53-,54-,57-/m0/s1. The summed E-state index contributed by atoms with van der Waals surface area (Å²) in [5.74, 6) is -7.38. The van der Waals surface area contributed by atoms with Gasteiger partial charge in [0, 0.05) is 36.4 Å². The predicted molar refractivity (Wildman–Crippen MR) is 374 cm³/mol.